The Labute approximate surface area is 149 Å². The molecular formula is C17H27FN2O4S. The number of nitrogens with zero attached hydrogens (tertiary/aromatic N) is 1. The van der Waals surface area contributed by atoms with Gasteiger partial charge >= 0.3 is 0 Å². The van der Waals surface area contributed by atoms with Crippen molar-refractivity contribution in [2.45, 2.75) is 24.7 Å². The summed E-state index contributed by atoms with van der Waals surface area (Å²) in [7, 11) is -2.03. The Hall–Kier alpha value is -1.22. The molecule has 0 atom stereocenters. The first kappa shape index (κ1) is 20.1. The predicted octanol–water partition coefficient (Wildman–Crippen LogP) is 1.86. The van der Waals surface area contributed by atoms with Gasteiger partial charge in [-0.05, 0) is 57.0 Å². The van der Waals surface area contributed by atoms with Crippen LogP contribution in [-0.4, -0.2) is 59.8 Å². The number of likely N-dealkylation sites (tertiary alicyclic amines) is 1. The molecule has 0 aliphatic carbocycles. The third kappa shape index (κ3) is 5.91. The van der Waals surface area contributed by atoms with Crippen LogP contribution >= 0.6 is 0 Å². The van der Waals surface area contributed by atoms with Gasteiger partial charge in [-0.15, -0.1) is 0 Å². The second-order valence-electron chi connectivity index (χ2n) is 6.15. The van der Waals surface area contributed by atoms with E-state index in [4.69, 9.17) is 9.47 Å². The highest BCUT2D eigenvalue weighted by Crippen LogP contribution is 2.22. The van der Waals surface area contributed by atoms with Crippen LogP contribution < -0.4 is 9.46 Å². The molecule has 1 aliphatic heterocycles. The predicted molar refractivity (Wildman–Crippen MR) is 93.8 cm³/mol. The Bertz CT molecular complexity index is 646. The van der Waals surface area contributed by atoms with Crippen molar-refractivity contribution < 1.29 is 22.3 Å². The van der Waals surface area contributed by atoms with Gasteiger partial charge in [0, 0.05) is 20.2 Å². The number of rotatable bonds is 9. The Kier molecular flexibility index (Phi) is 7.61. The van der Waals surface area contributed by atoms with Crippen LogP contribution in [0.25, 0.3) is 0 Å². The van der Waals surface area contributed by atoms with E-state index in [0.717, 1.165) is 38.5 Å². The van der Waals surface area contributed by atoms with Crippen molar-refractivity contribution >= 4 is 10.0 Å². The Morgan fingerprint density at radius 3 is 2.64 bits per heavy atom. The van der Waals surface area contributed by atoms with E-state index >= 15 is 0 Å². The summed E-state index contributed by atoms with van der Waals surface area (Å²) >= 11 is 0. The van der Waals surface area contributed by atoms with E-state index in [2.05, 4.69) is 9.62 Å². The molecule has 1 heterocycles. The molecule has 1 fully saturated rings. The maximum Gasteiger partial charge on any atom is 0.240 e. The minimum absolute atomic E-state index is 0.0601. The molecule has 0 spiro atoms. The maximum atomic E-state index is 13.9. The van der Waals surface area contributed by atoms with Gasteiger partial charge in [-0.2, -0.15) is 0 Å². The standard InChI is InChI=1S/C17H27FN2O4S/c1-3-24-17-5-4-15(12-16(17)18)25(21,22)19-13-14-6-8-20(9-7-14)10-11-23-2/h4-5,12,14,19H,3,6-11,13H2,1-2H3. The van der Waals surface area contributed by atoms with E-state index in [0.29, 0.717) is 25.7 Å². The lowest BCUT2D eigenvalue weighted by Gasteiger charge is -2.31. The zero-order valence-corrected chi connectivity index (χ0v) is 15.6. The SMILES string of the molecule is CCOc1ccc(S(=O)(=O)NCC2CCN(CCOC)CC2)cc1F. The highest BCUT2D eigenvalue weighted by Gasteiger charge is 2.22. The van der Waals surface area contributed by atoms with Gasteiger partial charge in [0.25, 0.3) is 0 Å². The van der Waals surface area contributed by atoms with Crippen LogP contribution in [0.1, 0.15) is 19.8 Å². The van der Waals surface area contributed by atoms with Crippen LogP contribution in [0.15, 0.2) is 23.1 Å². The van der Waals surface area contributed by atoms with Crippen LogP contribution in [0.5, 0.6) is 5.75 Å². The fourth-order valence-corrected chi connectivity index (χ4v) is 3.99. The first-order valence-electron chi connectivity index (χ1n) is 8.59. The van der Waals surface area contributed by atoms with Gasteiger partial charge in [-0.1, -0.05) is 0 Å². The molecule has 1 aromatic rings. The van der Waals surface area contributed by atoms with Crippen molar-refractivity contribution in [3.05, 3.63) is 24.0 Å². The second kappa shape index (κ2) is 9.47. The first-order valence-corrected chi connectivity index (χ1v) is 10.1. The summed E-state index contributed by atoms with van der Waals surface area (Å²) in [5.41, 5.74) is 0. The van der Waals surface area contributed by atoms with Gasteiger partial charge in [-0.25, -0.2) is 17.5 Å². The zero-order chi connectivity index (χ0) is 18.3. The third-order valence-corrected chi connectivity index (χ3v) is 5.82. The van der Waals surface area contributed by atoms with Gasteiger partial charge in [0.15, 0.2) is 11.6 Å². The molecule has 0 saturated carbocycles. The number of ether oxygens (including phenoxy) is 2. The second-order valence-corrected chi connectivity index (χ2v) is 7.92. The van der Waals surface area contributed by atoms with Crippen molar-refractivity contribution in [2.24, 2.45) is 5.92 Å². The number of sulfonamides is 1. The zero-order valence-electron chi connectivity index (χ0n) is 14.8. The van der Waals surface area contributed by atoms with Gasteiger partial charge in [-0.3, -0.25) is 0 Å². The van der Waals surface area contributed by atoms with E-state index in [1.165, 1.54) is 12.1 Å². The summed E-state index contributed by atoms with van der Waals surface area (Å²) in [6.07, 6.45) is 1.87. The number of hydrogen-bond acceptors (Lipinski definition) is 5. The quantitative estimate of drug-likeness (QED) is 0.715. The molecule has 0 unspecified atom stereocenters. The molecule has 1 aliphatic rings. The minimum Gasteiger partial charge on any atom is -0.491 e. The van der Waals surface area contributed by atoms with Gasteiger partial charge in [0.05, 0.1) is 18.1 Å². The lowest BCUT2D eigenvalue weighted by atomic mass is 9.97. The average molecular weight is 374 g/mol. The van der Waals surface area contributed by atoms with Crippen LogP contribution in [0, 0.1) is 11.7 Å². The molecule has 1 N–H and O–H groups in total. The van der Waals surface area contributed by atoms with Gasteiger partial charge < -0.3 is 14.4 Å². The summed E-state index contributed by atoms with van der Waals surface area (Å²) in [6, 6.07) is 3.71. The van der Waals surface area contributed by atoms with E-state index in [1.54, 1.807) is 14.0 Å². The molecule has 1 aromatic carbocycles. The van der Waals surface area contributed by atoms with Crippen LogP contribution in [0.3, 0.4) is 0 Å². The molecule has 6 nitrogen and oxygen atoms in total. The number of piperidine rings is 1. The maximum absolute atomic E-state index is 13.9. The summed E-state index contributed by atoms with van der Waals surface area (Å²) in [6.45, 7) is 5.92. The number of nitrogens with one attached hydrogen (secondary N) is 1. The Morgan fingerprint density at radius 1 is 1.32 bits per heavy atom. The van der Waals surface area contributed by atoms with E-state index in [9.17, 15) is 12.8 Å². The van der Waals surface area contributed by atoms with Crippen molar-refractivity contribution in [2.75, 3.05) is 46.5 Å². The highest BCUT2D eigenvalue weighted by molar-refractivity contribution is 7.89. The van der Waals surface area contributed by atoms with E-state index in [1.807, 2.05) is 0 Å². The van der Waals surface area contributed by atoms with Crippen molar-refractivity contribution in [3.8, 4) is 5.75 Å². The molecule has 25 heavy (non-hydrogen) atoms. The Balaban J connectivity index is 1.87. The summed E-state index contributed by atoms with van der Waals surface area (Å²) in [5, 5.41) is 0. The molecule has 1 saturated heterocycles. The molecule has 142 valence electrons. The van der Waals surface area contributed by atoms with Crippen molar-refractivity contribution in [1.82, 2.24) is 9.62 Å². The van der Waals surface area contributed by atoms with E-state index in [-0.39, 0.29) is 10.6 Å². The van der Waals surface area contributed by atoms with Crippen LogP contribution in [-0.2, 0) is 14.8 Å². The Morgan fingerprint density at radius 2 is 2.04 bits per heavy atom. The monoisotopic (exact) mass is 374 g/mol. The van der Waals surface area contributed by atoms with Crippen LogP contribution in [0.4, 0.5) is 4.39 Å². The number of halogens is 1. The fourth-order valence-electron chi connectivity index (χ4n) is 2.87. The topological polar surface area (TPSA) is 67.9 Å². The van der Waals surface area contributed by atoms with E-state index < -0.39 is 15.8 Å². The summed E-state index contributed by atoms with van der Waals surface area (Å²) in [4.78, 5) is 2.24. The lowest BCUT2D eigenvalue weighted by molar-refractivity contribution is 0.121. The normalized spacial score (nSPS) is 16.9. The van der Waals surface area contributed by atoms with Crippen LogP contribution in [0.2, 0.25) is 0 Å². The lowest BCUT2D eigenvalue weighted by Crippen LogP contribution is -2.39. The molecule has 8 heteroatoms. The van der Waals surface area contributed by atoms with Crippen molar-refractivity contribution in [1.29, 1.82) is 0 Å². The molecule has 0 radical (unpaired) electrons. The molecule has 0 bridgehead atoms. The van der Waals surface area contributed by atoms with Gasteiger partial charge in [0.2, 0.25) is 10.0 Å². The third-order valence-electron chi connectivity index (χ3n) is 4.39. The van der Waals surface area contributed by atoms with Crippen molar-refractivity contribution in [3.63, 3.8) is 0 Å². The first-order chi connectivity index (χ1) is 12.0. The minimum atomic E-state index is -3.72. The average Bonchev–Trinajstić information content (AvgIpc) is 2.61. The molecular weight excluding hydrogens is 347 g/mol. The molecule has 0 amide bonds. The number of methoxy groups -OCH3 is 1. The summed E-state index contributed by atoms with van der Waals surface area (Å²) in [5.74, 6) is -0.317. The number of benzene rings is 1. The fraction of sp³-hybridized carbons (Fsp3) is 0.647. The molecule has 2 rings (SSSR count). The van der Waals surface area contributed by atoms with Gasteiger partial charge in [0.1, 0.15) is 0 Å². The number of hydrogen-bond donors (Lipinski definition) is 1. The smallest absolute Gasteiger partial charge is 0.240 e. The largest absolute Gasteiger partial charge is 0.491 e. The molecule has 0 aromatic heterocycles. The highest BCUT2D eigenvalue weighted by atomic mass is 32.2. The summed E-state index contributed by atoms with van der Waals surface area (Å²) < 4.78 is 51.4.